The van der Waals surface area contributed by atoms with Crippen molar-refractivity contribution in [3.8, 4) is 6.07 Å². The predicted octanol–water partition coefficient (Wildman–Crippen LogP) is 1.08. The van der Waals surface area contributed by atoms with Crippen molar-refractivity contribution in [3.05, 3.63) is 34.9 Å². The molecule has 0 aromatic heterocycles. The highest BCUT2D eigenvalue weighted by molar-refractivity contribution is 7.83. The Morgan fingerprint density at radius 3 is 2.82 bits per heavy atom. The van der Waals surface area contributed by atoms with E-state index < -0.39 is 10.3 Å². The van der Waals surface area contributed by atoms with Crippen LogP contribution in [0, 0.1) is 11.3 Å². The van der Waals surface area contributed by atoms with E-state index in [4.69, 9.17) is 9.81 Å². The molecule has 0 bridgehead atoms. The Bertz CT molecular complexity index is 589. The summed E-state index contributed by atoms with van der Waals surface area (Å²) in [6, 6.07) is 7.70. The fourth-order valence-corrected chi connectivity index (χ4v) is 2.24. The minimum atomic E-state index is -4.14. The summed E-state index contributed by atoms with van der Waals surface area (Å²) in [5, 5.41) is 8.78. The second-order valence-corrected chi connectivity index (χ2v) is 5.67. The molecule has 1 aromatic carbocycles. The Kier molecular flexibility index (Phi) is 2.91. The average Bonchev–Trinajstić information content (AvgIpc) is 2.20. The second-order valence-electron chi connectivity index (χ2n) is 4.15. The molecule has 17 heavy (non-hydrogen) atoms. The summed E-state index contributed by atoms with van der Waals surface area (Å²) >= 11 is 0. The Hall–Kier alpha value is -1.42. The number of benzene rings is 1. The molecule has 1 unspecified atom stereocenters. The van der Waals surface area contributed by atoms with Crippen LogP contribution in [0.4, 0.5) is 0 Å². The number of hydrogen-bond donors (Lipinski definition) is 1. The highest BCUT2D eigenvalue weighted by atomic mass is 32.2. The van der Waals surface area contributed by atoms with Crippen LogP contribution in [0.15, 0.2) is 18.2 Å². The van der Waals surface area contributed by atoms with Gasteiger partial charge >= 0.3 is 10.3 Å². The van der Waals surface area contributed by atoms with Gasteiger partial charge in [0.25, 0.3) is 0 Å². The topological polar surface area (TPSA) is 81.4 Å². The van der Waals surface area contributed by atoms with Gasteiger partial charge in [0.1, 0.15) is 0 Å². The first-order valence-electron chi connectivity index (χ1n) is 5.12. The first kappa shape index (κ1) is 12.0. The summed E-state index contributed by atoms with van der Waals surface area (Å²) in [6.45, 7) is 0.128. The van der Waals surface area contributed by atoms with Gasteiger partial charge in [0, 0.05) is 13.6 Å². The number of hydrogen-bond acceptors (Lipinski definition) is 3. The zero-order chi connectivity index (χ0) is 12.6. The van der Waals surface area contributed by atoms with Crippen LogP contribution in [0.2, 0.25) is 0 Å². The fourth-order valence-electron chi connectivity index (χ4n) is 1.93. The molecule has 1 aromatic rings. The van der Waals surface area contributed by atoms with Crippen LogP contribution in [0.5, 0.6) is 0 Å². The molecule has 0 saturated heterocycles. The molecule has 1 aliphatic carbocycles. The van der Waals surface area contributed by atoms with Crippen LogP contribution >= 0.6 is 0 Å². The van der Waals surface area contributed by atoms with E-state index in [1.807, 2.05) is 12.1 Å². The maximum absolute atomic E-state index is 10.8. The van der Waals surface area contributed by atoms with Gasteiger partial charge in [-0.1, -0.05) is 18.2 Å². The van der Waals surface area contributed by atoms with Crippen molar-refractivity contribution < 1.29 is 13.0 Å². The summed E-state index contributed by atoms with van der Waals surface area (Å²) in [6.07, 6.45) is 0.718. The summed E-state index contributed by atoms with van der Waals surface area (Å²) in [5.74, 6) is -0.0293. The van der Waals surface area contributed by atoms with E-state index in [2.05, 4.69) is 6.07 Å². The van der Waals surface area contributed by atoms with Gasteiger partial charge in [-0.15, -0.1) is 0 Å². The normalized spacial score (nSPS) is 18.4. The monoisotopic (exact) mass is 252 g/mol. The third-order valence-electron chi connectivity index (χ3n) is 2.96. The molecule has 0 heterocycles. The van der Waals surface area contributed by atoms with Crippen molar-refractivity contribution in [2.75, 3.05) is 7.05 Å². The van der Waals surface area contributed by atoms with Gasteiger partial charge in [-0.25, -0.2) is 0 Å². The van der Waals surface area contributed by atoms with Crippen LogP contribution in [-0.4, -0.2) is 24.3 Å². The first-order valence-corrected chi connectivity index (χ1v) is 6.51. The predicted molar refractivity (Wildman–Crippen MR) is 61.5 cm³/mol. The lowest BCUT2D eigenvalue weighted by Crippen LogP contribution is -2.26. The highest BCUT2D eigenvalue weighted by Gasteiger charge is 2.26. The van der Waals surface area contributed by atoms with E-state index in [0.717, 1.165) is 27.4 Å². The molecular weight excluding hydrogens is 240 g/mol. The zero-order valence-electron chi connectivity index (χ0n) is 9.29. The average molecular weight is 252 g/mol. The summed E-state index contributed by atoms with van der Waals surface area (Å²) in [5.41, 5.74) is 2.91. The first-order chi connectivity index (χ1) is 7.91. The Morgan fingerprint density at radius 1 is 1.59 bits per heavy atom. The third kappa shape index (κ3) is 2.31. The maximum Gasteiger partial charge on any atom is 0.335 e. The SMILES string of the molecule is CN(Cc1ccc2c(c1)CC2C#N)S(=O)(=O)O. The second kappa shape index (κ2) is 4.11. The van der Waals surface area contributed by atoms with Crippen LogP contribution in [0.1, 0.15) is 22.6 Å². The molecule has 0 amide bonds. The maximum atomic E-state index is 10.8. The molecular formula is C11H12N2O3S. The molecule has 0 fully saturated rings. The van der Waals surface area contributed by atoms with Gasteiger partial charge in [0.2, 0.25) is 0 Å². The number of nitriles is 1. The van der Waals surface area contributed by atoms with Gasteiger partial charge in [-0.3, -0.25) is 4.55 Å². The quantitative estimate of drug-likeness (QED) is 0.816. The van der Waals surface area contributed by atoms with Crippen molar-refractivity contribution in [3.63, 3.8) is 0 Å². The number of fused-ring (bicyclic) bond motifs is 1. The molecule has 2 rings (SSSR count). The summed E-state index contributed by atoms with van der Waals surface area (Å²) in [4.78, 5) is 0. The van der Waals surface area contributed by atoms with E-state index in [-0.39, 0.29) is 12.5 Å². The molecule has 0 spiro atoms. The van der Waals surface area contributed by atoms with Crippen LogP contribution in [0.25, 0.3) is 0 Å². The van der Waals surface area contributed by atoms with Gasteiger partial charge in [0.05, 0.1) is 12.0 Å². The van der Waals surface area contributed by atoms with E-state index in [1.165, 1.54) is 7.05 Å². The third-order valence-corrected chi connectivity index (χ3v) is 3.88. The lowest BCUT2D eigenvalue weighted by molar-refractivity contribution is 0.383. The minimum Gasteiger partial charge on any atom is -0.273 e. The molecule has 1 atom stereocenters. The van der Waals surface area contributed by atoms with Crippen LogP contribution in [0.3, 0.4) is 0 Å². The molecule has 1 aliphatic rings. The molecule has 0 radical (unpaired) electrons. The molecule has 5 nitrogen and oxygen atoms in total. The Labute approximate surface area is 100 Å². The fraction of sp³-hybridized carbons (Fsp3) is 0.364. The van der Waals surface area contributed by atoms with Gasteiger partial charge in [-0.05, 0) is 23.1 Å². The van der Waals surface area contributed by atoms with Gasteiger partial charge in [-0.2, -0.15) is 18.0 Å². The van der Waals surface area contributed by atoms with Gasteiger partial charge in [0.15, 0.2) is 0 Å². The molecule has 1 N–H and O–H groups in total. The number of rotatable bonds is 3. The van der Waals surface area contributed by atoms with Crippen molar-refractivity contribution in [1.29, 1.82) is 5.26 Å². The van der Waals surface area contributed by atoms with Gasteiger partial charge < -0.3 is 0 Å². The van der Waals surface area contributed by atoms with E-state index >= 15 is 0 Å². The van der Waals surface area contributed by atoms with E-state index in [9.17, 15) is 8.42 Å². The Morgan fingerprint density at radius 2 is 2.29 bits per heavy atom. The molecule has 0 aliphatic heterocycles. The van der Waals surface area contributed by atoms with Crippen molar-refractivity contribution >= 4 is 10.3 Å². The van der Waals surface area contributed by atoms with Crippen LogP contribution in [-0.2, 0) is 23.3 Å². The minimum absolute atomic E-state index is 0.0293. The van der Waals surface area contributed by atoms with E-state index in [1.54, 1.807) is 6.07 Å². The lowest BCUT2D eigenvalue weighted by atomic mass is 9.78. The molecule has 0 saturated carbocycles. The highest BCUT2D eigenvalue weighted by Crippen LogP contribution is 2.35. The smallest absolute Gasteiger partial charge is 0.273 e. The summed E-state index contributed by atoms with van der Waals surface area (Å²) < 4.78 is 31.4. The van der Waals surface area contributed by atoms with Crippen LogP contribution < -0.4 is 0 Å². The number of nitrogens with zero attached hydrogens (tertiary/aromatic N) is 2. The lowest BCUT2D eigenvalue weighted by Gasteiger charge is -2.25. The largest absolute Gasteiger partial charge is 0.335 e. The Balaban J connectivity index is 2.16. The standard InChI is InChI=1S/C11H12N2O3S/c1-13(17(14,15)16)7-8-2-3-11-9(4-8)5-10(11)6-12/h2-4,10H,5,7H2,1H3,(H,14,15,16). The summed E-state index contributed by atoms with van der Waals surface area (Å²) in [7, 11) is -2.83. The zero-order valence-corrected chi connectivity index (χ0v) is 10.1. The van der Waals surface area contributed by atoms with Crippen molar-refractivity contribution in [2.24, 2.45) is 0 Å². The molecule has 90 valence electrons. The van der Waals surface area contributed by atoms with E-state index in [0.29, 0.717) is 0 Å². The van der Waals surface area contributed by atoms with Crippen molar-refractivity contribution in [2.45, 2.75) is 18.9 Å². The molecule has 6 heteroatoms. The van der Waals surface area contributed by atoms with Crippen molar-refractivity contribution in [1.82, 2.24) is 4.31 Å².